The minimum atomic E-state index is -3.77. The summed E-state index contributed by atoms with van der Waals surface area (Å²) in [4.78, 5) is 26.5. The summed E-state index contributed by atoms with van der Waals surface area (Å²) in [5.41, 5.74) is 0.415. The molecule has 0 unspecified atom stereocenters. The smallest absolute Gasteiger partial charge is 0.340 e. The van der Waals surface area contributed by atoms with Gasteiger partial charge in [0.25, 0.3) is 5.91 Å². The molecule has 0 radical (unpaired) electrons. The normalized spacial score (nSPS) is 11.1. The minimum absolute atomic E-state index is 0.00932. The fraction of sp³-hybridized carbons (Fsp3) is 0.0909. The lowest BCUT2D eigenvalue weighted by molar-refractivity contribution is -0.119. The van der Waals surface area contributed by atoms with Gasteiger partial charge in [-0.25, -0.2) is 17.9 Å². The van der Waals surface area contributed by atoms with E-state index in [0.717, 1.165) is 15.9 Å². The van der Waals surface area contributed by atoms with E-state index in [1.165, 1.54) is 30.9 Å². The molecule has 0 bridgehead atoms. The molecule has 0 spiro atoms. The Morgan fingerprint density at radius 2 is 1.69 bits per heavy atom. The maximum atomic E-state index is 12.4. The fourth-order valence-corrected chi connectivity index (χ4v) is 4.49. The van der Waals surface area contributed by atoms with Crippen molar-refractivity contribution in [1.82, 2.24) is 4.72 Å². The van der Waals surface area contributed by atoms with Crippen molar-refractivity contribution in [3.63, 3.8) is 0 Å². The Morgan fingerprint density at radius 3 is 2.41 bits per heavy atom. The number of halogens is 1. The number of rotatable bonds is 8. The van der Waals surface area contributed by atoms with E-state index in [-0.39, 0.29) is 15.5 Å². The highest BCUT2D eigenvalue weighted by Crippen LogP contribution is 2.33. The third-order valence-electron chi connectivity index (χ3n) is 4.20. The van der Waals surface area contributed by atoms with Crippen LogP contribution in [-0.2, 0) is 19.6 Å². The van der Waals surface area contributed by atoms with E-state index in [9.17, 15) is 18.0 Å². The first-order valence-electron chi connectivity index (χ1n) is 9.32. The molecule has 0 fully saturated rings. The largest absolute Gasteiger partial charge is 0.452 e. The van der Waals surface area contributed by atoms with E-state index in [1.807, 2.05) is 42.5 Å². The summed E-state index contributed by atoms with van der Waals surface area (Å²) in [5, 5.41) is 2.73. The van der Waals surface area contributed by atoms with Gasteiger partial charge in [-0.1, -0.05) is 53.7 Å². The topological polar surface area (TPSA) is 102 Å². The Kier molecular flexibility index (Phi) is 7.92. The molecule has 0 saturated heterocycles. The van der Waals surface area contributed by atoms with Crippen molar-refractivity contribution in [3.8, 4) is 0 Å². The summed E-state index contributed by atoms with van der Waals surface area (Å²) in [6, 6.07) is 20.6. The van der Waals surface area contributed by atoms with Crippen LogP contribution in [0, 0.1) is 0 Å². The van der Waals surface area contributed by atoms with Gasteiger partial charge in [-0.15, -0.1) is 0 Å². The molecule has 0 atom stereocenters. The van der Waals surface area contributed by atoms with Crippen LogP contribution in [0.1, 0.15) is 10.4 Å². The molecule has 32 heavy (non-hydrogen) atoms. The van der Waals surface area contributed by atoms with Crippen LogP contribution in [0.25, 0.3) is 0 Å². The van der Waals surface area contributed by atoms with Crippen molar-refractivity contribution in [1.29, 1.82) is 0 Å². The summed E-state index contributed by atoms with van der Waals surface area (Å²) in [6.45, 7) is -0.567. The molecule has 3 aromatic rings. The van der Waals surface area contributed by atoms with Gasteiger partial charge < -0.3 is 10.1 Å². The molecule has 0 saturated carbocycles. The molecule has 3 aromatic carbocycles. The van der Waals surface area contributed by atoms with Crippen molar-refractivity contribution in [2.45, 2.75) is 14.7 Å². The predicted molar refractivity (Wildman–Crippen MR) is 124 cm³/mol. The van der Waals surface area contributed by atoms with Crippen LogP contribution in [-0.4, -0.2) is 33.9 Å². The van der Waals surface area contributed by atoms with Gasteiger partial charge in [0.05, 0.1) is 21.2 Å². The molecule has 10 heteroatoms. The minimum Gasteiger partial charge on any atom is -0.452 e. The Balaban J connectivity index is 1.66. The Labute approximate surface area is 195 Å². The highest BCUT2D eigenvalue weighted by molar-refractivity contribution is 7.99. The van der Waals surface area contributed by atoms with Gasteiger partial charge in [0.1, 0.15) is 0 Å². The lowest BCUT2D eigenvalue weighted by Crippen LogP contribution is -2.22. The number of hydrogen-bond donors (Lipinski definition) is 2. The number of benzene rings is 3. The molecule has 166 valence electrons. The van der Waals surface area contributed by atoms with Gasteiger partial charge in [-0.2, -0.15) is 0 Å². The zero-order valence-corrected chi connectivity index (χ0v) is 19.3. The van der Waals surface area contributed by atoms with E-state index in [1.54, 1.807) is 12.1 Å². The second-order valence-electron chi connectivity index (χ2n) is 6.38. The van der Waals surface area contributed by atoms with E-state index in [2.05, 4.69) is 10.0 Å². The number of hydrogen-bond acceptors (Lipinski definition) is 6. The quantitative estimate of drug-likeness (QED) is 0.459. The molecular weight excluding hydrogens is 472 g/mol. The third-order valence-corrected chi connectivity index (χ3v) is 7.03. The molecule has 7 nitrogen and oxygen atoms in total. The molecule has 3 rings (SSSR count). The number of sulfonamides is 1. The van der Waals surface area contributed by atoms with E-state index in [4.69, 9.17) is 16.3 Å². The van der Waals surface area contributed by atoms with E-state index >= 15 is 0 Å². The molecule has 0 heterocycles. The SMILES string of the molecule is CNS(=O)(=O)c1ccc(Cl)c(C(=O)OCC(=O)Nc2ccccc2Sc2ccccc2)c1. The van der Waals surface area contributed by atoms with E-state index in [0.29, 0.717) is 5.69 Å². The first kappa shape index (κ1) is 23.8. The first-order chi connectivity index (χ1) is 15.3. The van der Waals surface area contributed by atoms with Gasteiger partial charge in [-0.05, 0) is 49.5 Å². The number of anilines is 1. The molecule has 1 amide bonds. The molecular formula is C22H19ClN2O5S2. The maximum absolute atomic E-state index is 12.4. The monoisotopic (exact) mass is 490 g/mol. The van der Waals surface area contributed by atoms with E-state index < -0.39 is 28.5 Å². The van der Waals surface area contributed by atoms with Gasteiger partial charge in [0.2, 0.25) is 10.0 Å². The zero-order chi connectivity index (χ0) is 23.1. The van der Waals surface area contributed by atoms with Crippen molar-refractivity contribution in [3.05, 3.63) is 83.4 Å². The summed E-state index contributed by atoms with van der Waals surface area (Å²) >= 11 is 7.49. The van der Waals surface area contributed by atoms with Crippen LogP contribution in [0.2, 0.25) is 5.02 Å². The van der Waals surface area contributed by atoms with Gasteiger partial charge in [-0.3, -0.25) is 4.79 Å². The Morgan fingerprint density at radius 1 is 1.00 bits per heavy atom. The average Bonchev–Trinajstić information content (AvgIpc) is 2.79. The van der Waals surface area contributed by atoms with Crippen LogP contribution in [0.4, 0.5) is 5.69 Å². The van der Waals surface area contributed by atoms with Crippen LogP contribution in [0.3, 0.4) is 0 Å². The van der Waals surface area contributed by atoms with Gasteiger partial charge in [0.15, 0.2) is 6.61 Å². The van der Waals surface area contributed by atoms with Gasteiger partial charge in [0, 0.05) is 9.79 Å². The third kappa shape index (κ3) is 6.10. The zero-order valence-electron chi connectivity index (χ0n) is 16.9. The van der Waals surface area contributed by atoms with Gasteiger partial charge >= 0.3 is 5.97 Å². The average molecular weight is 491 g/mol. The standard InChI is InChI=1S/C22H19ClN2O5S2/c1-24-32(28,29)16-11-12-18(23)17(13-16)22(27)30-14-21(26)25-19-9-5-6-10-20(19)31-15-7-3-2-4-8-15/h2-13,24H,14H2,1H3,(H,25,26). The summed E-state index contributed by atoms with van der Waals surface area (Å²) in [5.74, 6) is -1.46. The van der Waals surface area contributed by atoms with Crippen molar-refractivity contribution < 1.29 is 22.7 Å². The number of nitrogens with one attached hydrogen (secondary N) is 2. The second-order valence-corrected chi connectivity index (χ2v) is 9.79. The van der Waals surface area contributed by atoms with Crippen molar-refractivity contribution in [2.24, 2.45) is 0 Å². The van der Waals surface area contributed by atoms with Crippen LogP contribution < -0.4 is 10.0 Å². The molecule has 0 aromatic heterocycles. The van der Waals surface area contributed by atoms with Crippen molar-refractivity contribution >= 4 is 50.9 Å². The predicted octanol–water partition coefficient (Wildman–Crippen LogP) is 4.19. The fourth-order valence-electron chi connectivity index (χ4n) is 2.62. The highest BCUT2D eigenvalue weighted by atomic mass is 35.5. The number of carbonyl (C=O) groups excluding carboxylic acids is 2. The van der Waals surface area contributed by atoms with Crippen LogP contribution in [0.5, 0.6) is 0 Å². The lowest BCUT2D eigenvalue weighted by atomic mass is 10.2. The Bertz CT molecular complexity index is 1230. The lowest BCUT2D eigenvalue weighted by Gasteiger charge is -2.12. The molecule has 0 aliphatic carbocycles. The highest BCUT2D eigenvalue weighted by Gasteiger charge is 2.19. The molecule has 2 N–H and O–H groups in total. The van der Waals surface area contributed by atoms with Crippen LogP contribution in [0.15, 0.2) is 87.5 Å². The first-order valence-corrected chi connectivity index (χ1v) is 12.0. The Hall–Kier alpha value is -2.85. The number of esters is 1. The summed E-state index contributed by atoms with van der Waals surface area (Å²) < 4.78 is 31.1. The molecule has 0 aliphatic rings. The number of carbonyl (C=O) groups is 2. The maximum Gasteiger partial charge on any atom is 0.340 e. The number of ether oxygens (including phenoxy) is 1. The number of amides is 1. The molecule has 0 aliphatic heterocycles. The van der Waals surface area contributed by atoms with Crippen LogP contribution >= 0.6 is 23.4 Å². The summed E-state index contributed by atoms with van der Waals surface area (Å²) in [7, 11) is -2.52. The van der Waals surface area contributed by atoms with Crippen molar-refractivity contribution in [2.75, 3.05) is 19.0 Å². The number of para-hydroxylation sites is 1. The summed E-state index contributed by atoms with van der Waals surface area (Å²) in [6.07, 6.45) is 0. The second kappa shape index (κ2) is 10.6.